The van der Waals surface area contributed by atoms with Gasteiger partial charge >= 0.3 is 6.18 Å². The van der Waals surface area contributed by atoms with Crippen molar-refractivity contribution < 1.29 is 27.6 Å². The number of aliphatic hydroxyl groups excluding tert-OH is 1. The molecule has 0 saturated carbocycles. The van der Waals surface area contributed by atoms with Crippen molar-refractivity contribution in [3.05, 3.63) is 11.8 Å². The van der Waals surface area contributed by atoms with E-state index in [1.54, 1.807) is 19.9 Å². The van der Waals surface area contributed by atoms with Crippen molar-refractivity contribution in [3.8, 4) is 0 Å². The molecule has 0 aliphatic carbocycles. The molecular weight excluding hydrogens is 413 g/mol. The first-order valence-corrected chi connectivity index (χ1v) is 10.0. The number of aliphatic hydroxyl groups is 1. The number of carbonyl (C=O) groups is 1. The highest BCUT2D eigenvalue weighted by molar-refractivity contribution is 6.97. The summed E-state index contributed by atoms with van der Waals surface area (Å²) >= 11 is 0. The molecule has 1 amide bonds. The molecule has 3 atom stereocenters. The van der Waals surface area contributed by atoms with Crippen LogP contribution in [-0.2, 0) is 4.79 Å². The topological polar surface area (TPSA) is 94.2 Å². The zero-order valence-electron chi connectivity index (χ0n) is 17.8. The molecule has 3 rings (SSSR count). The molecule has 1 saturated heterocycles. The standard InChI is InChI=1S/C18H25B2F3N5O3/c1-9(2)14(12-6-13(20-19)26-31-12)16(30)27-7-10(29)5-11(27)15-24-17(3,4)28(25-15)8-18(21,22)23/h6,9-11,14,29H,5,7-8H2,1-4H3,(H,24,25). The molecule has 2 N–H and O–H groups in total. The monoisotopic (exact) mass is 438 g/mol. The molecule has 3 radical (unpaired) electrons. The van der Waals surface area contributed by atoms with Gasteiger partial charge in [-0.3, -0.25) is 4.79 Å². The predicted molar refractivity (Wildman–Crippen MR) is 109 cm³/mol. The lowest BCUT2D eigenvalue weighted by Gasteiger charge is -2.31. The van der Waals surface area contributed by atoms with Crippen molar-refractivity contribution in [2.24, 2.45) is 10.9 Å². The highest BCUT2D eigenvalue weighted by atomic mass is 19.4. The van der Waals surface area contributed by atoms with Gasteiger partial charge in [-0.2, -0.15) is 18.2 Å². The van der Waals surface area contributed by atoms with E-state index in [-0.39, 0.29) is 30.6 Å². The average Bonchev–Trinajstić information content (AvgIpc) is 3.31. The molecule has 2 aliphatic rings. The summed E-state index contributed by atoms with van der Waals surface area (Å²) in [7, 11) is 6.71. The minimum absolute atomic E-state index is 0.0388. The predicted octanol–water partition coefficient (Wildman–Crippen LogP) is 0.306. The van der Waals surface area contributed by atoms with E-state index in [4.69, 9.17) is 12.3 Å². The number of nitrogens with one attached hydrogen (secondary N) is 1. The number of aromatic nitrogens is 1. The Morgan fingerprint density at radius 3 is 2.71 bits per heavy atom. The van der Waals surface area contributed by atoms with E-state index in [2.05, 4.69) is 15.6 Å². The number of amides is 1. The van der Waals surface area contributed by atoms with Gasteiger partial charge < -0.3 is 20.0 Å². The van der Waals surface area contributed by atoms with Gasteiger partial charge in [-0.1, -0.05) is 19.0 Å². The maximum absolute atomic E-state index is 13.5. The molecule has 0 spiro atoms. The minimum atomic E-state index is -4.42. The SMILES string of the molecule is [B][B]c1cc(C(C(=O)N2CC(O)CC2C2=NC(C)(C)N(CC(F)(F)F)N2)C(C)C)on1. The molecule has 8 nitrogen and oxygen atoms in total. The largest absolute Gasteiger partial charge is 0.403 e. The van der Waals surface area contributed by atoms with Crippen LogP contribution >= 0.6 is 0 Å². The van der Waals surface area contributed by atoms with Gasteiger partial charge in [0.05, 0.1) is 12.1 Å². The summed E-state index contributed by atoms with van der Waals surface area (Å²) in [6.45, 7) is 5.62. The third-order valence-corrected chi connectivity index (χ3v) is 5.48. The number of likely N-dealkylation sites (tertiary alicyclic amines) is 1. The van der Waals surface area contributed by atoms with E-state index in [0.29, 0.717) is 11.4 Å². The van der Waals surface area contributed by atoms with Gasteiger partial charge in [0.1, 0.15) is 36.9 Å². The number of rotatable bonds is 6. The summed E-state index contributed by atoms with van der Waals surface area (Å²) in [6, 6.07) is 0.883. The average molecular weight is 438 g/mol. The highest BCUT2D eigenvalue weighted by Crippen LogP contribution is 2.33. The molecule has 3 unspecified atom stereocenters. The van der Waals surface area contributed by atoms with Crippen LogP contribution in [0.1, 0.15) is 45.8 Å². The van der Waals surface area contributed by atoms with Crippen molar-refractivity contribution in [2.75, 3.05) is 13.1 Å². The second kappa shape index (κ2) is 8.50. The van der Waals surface area contributed by atoms with Gasteiger partial charge in [-0.05, 0) is 25.8 Å². The Bertz CT molecular complexity index is 846. The molecule has 1 aromatic rings. The molecule has 1 aromatic heterocycles. The summed E-state index contributed by atoms with van der Waals surface area (Å²) in [5, 5.41) is 15.0. The zero-order valence-corrected chi connectivity index (χ0v) is 17.8. The van der Waals surface area contributed by atoms with Crippen LogP contribution in [0.4, 0.5) is 13.2 Å². The number of β-amino-alcohol motifs (C(OH)–C–C–N with tert-alkyl or cyclic N) is 1. The Morgan fingerprint density at radius 1 is 1.48 bits per heavy atom. The first-order chi connectivity index (χ1) is 14.3. The van der Waals surface area contributed by atoms with Crippen LogP contribution in [0, 0.1) is 5.92 Å². The number of hydrazine groups is 1. The Morgan fingerprint density at radius 2 is 2.16 bits per heavy atom. The summed E-state index contributed by atoms with van der Waals surface area (Å²) in [5.41, 5.74) is 1.93. The summed E-state index contributed by atoms with van der Waals surface area (Å²) in [6.07, 6.45) is -5.09. The molecular formula is C18H25B2F3N5O3. The van der Waals surface area contributed by atoms with E-state index in [1.807, 2.05) is 13.8 Å². The van der Waals surface area contributed by atoms with E-state index in [9.17, 15) is 23.1 Å². The number of aliphatic imine (C=N–C) groups is 1. The molecule has 3 heterocycles. The van der Waals surface area contributed by atoms with E-state index in [1.165, 1.54) is 12.1 Å². The van der Waals surface area contributed by atoms with E-state index < -0.39 is 36.4 Å². The number of hydrogen-bond acceptors (Lipinski definition) is 7. The molecule has 1 fully saturated rings. The van der Waals surface area contributed by atoms with Crippen molar-refractivity contribution in [3.63, 3.8) is 0 Å². The maximum atomic E-state index is 13.5. The third-order valence-electron chi connectivity index (χ3n) is 5.48. The van der Waals surface area contributed by atoms with Crippen molar-refractivity contribution in [1.29, 1.82) is 0 Å². The number of hydrogen-bond donors (Lipinski definition) is 2. The first kappa shape index (κ1) is 23.6. The molecule has 13 heteroatoms. The van der Waals surface area contributed by atoms with Gasteiger partial charge in [0.25, 0.3) is 0 Å². The molecule has 0 bridgehead atoms. The molecule has 167 valence electrons. The normalized spacial score (nSPS) is 24.9. The second-order valence-electron chi connectivity index (χ2n) is 8.74. The Balaban J connectivity index is 1.86. The first-order valence-electron chi connectivity index (χ1n) is 10.0. The van der Waals surface area contributed by atoms with Crippen LogP contribution in [-0.4, -0.2) is 83.9 Å². The number of alkyl halides is 3. The number of nitrogens with zero attached hydrogens (tertiary/aromatic N) is 4. The number of amidine groups is 1. The second-order valence-corrected chi connectivity index (χ2v) is 8.74. The lowest BCUT2D eigenvalue weighted by atomic mass is 9.53. The van der Waals surface area contributed by atoms with Gasteiger partial charge in [-0.15, -0.1) is 0 Å². The summed E-state index contributed by atoms with van der Waals surface area (Å²) in [4.78, 5) is 19.3. The maximum Gasteiger partial charge on any atom is 0.403 e. The van der Waals surface area contributed by atoms with Crippen LogP contribution in [0.25, 0.3) is 0 Å². The fraction of sp³-hybridized carbons (Fsp3) is 0.722. The molecule has 2 aliphatic heterocycles. The summed E-state index contributed by atoms with van der Waals surface area (Å²) < 4.78 is 44.2. The lowest BCUT2D eigenvalue weighted by molar-refractivity contribution is -0.159. The molecule has 0 aromatic carbocycles. The van der Waals surface area contributed by atoms with Crippen molar-refractivity contribution >= 4 is 32.2 Å². The van der Waals surface area contributed by atoms with Gasteiger partial charge in [0.2, 0.25) is 5.91 Å². The number of carbonyl (C=O) groups excluding carboxylic acids is 1. The Kier molecular flexibility index (Phi) is 6.48. The number of halogens is 3. The van der Waals surface area contributed by atoms with Gasteiger partial charge in [-0.25, -0.2) is 4.99 Å². The van der Waals surface area contributed by atoms with Crippen molar-refractivity contribution in [2.45, 2.75) is 64.0 Å². The fourth-order valence-corrected chi connectivity index (χ4v) is 3.98. The minimum Gasteiger partial charge on any atom is -0.391 e. The van der Waals surface area contributed by atoms with Crippen LogP contribution in [0.5, 0.6) is 0 Å². The van der Waals surface area contributed by atoms with Crippen LogP contribution in [0.15, 0.2) is 15.6 Å². The van der Waals surface area contributed by atoms with Gasteiger partial charge in [0.15, 0.2) is 0 Å². The van der Waals surface area contributed by atoms with E-state index in [0.717, 1.165) is 5.01 Å². The van der Waals surface area contributed by atoms with Gasteiger partial charge in [0, 0.05) is 26.3 Å². The van der Waals surface area contributed by atoms with Crippen LogP contribution in [0.3, 0.4) is 0 Å². The molecule has 31 heavy (non-hydrogen) atoms. The fourth-order valence-electron chi connectivity index (χ4n) is 3.98. The zero-order chi connectivity index (χ0) is 23.1. The third kappa shape index (κ3) is 5.08. The Labute approximate surface area is 180 Å². The van der Waals surface area contributed by atoms with E-state index >= 15 is 0 Å². The quantitative estimate of drug-likeness (QED) is 0.622. The summed E-state index contributed by atoms with van der Waals surface area (Å²) in [5.74, 6) is -0.642. The smallest absolute Gasteiger partial charge is 0.391 e. The lowest BCUT2D eigenvalue weighted by Crippen LogP contribution is -2.54. The highest BCUT2D eigenvalue weighted by Gasteiger charge is 2.47. The van der Waals surface area contributed by atoms with Crippen LogP contribution in [0.2, 0.25) is 0 Å². The van der Waals surface area contributed by atoms with Crippen LogP contribution < -0.4 is 11.0 Å². The van der Waals surface area contributed by atoms with Crippen molar-refractivity contribution in [1.82, 2.24) is 20.5 Å². The Hall–Kier alpha value is -2.01.